The molecule has 0 amide bonds. The van der Waals surface area contributed by atoms with Crippen LogP contribution in [-0.4, -0.2) is 19.8 Å². The Morgan fingerprint density at radius 1 is 0.404 bits per heavy atom. The second-order valence-electron chi connectivity index (χ2n) is 13.9. The van der Waals surface area contributed by atoms with Gasteiger partial charge in [-0.1, -0.05) is 206 Å². The van der Waals surface area contributed by atoms with Crippen LogP contribution in [0.3, 0.4) is 0 Å². The van der Waals surface area contributed by atoms with E-state index < -0.39 is 0 Å². The third-order valence-corrected chi connectivity index (χ3v) is 10.9. The maximum Gasteiger partial charge on any atom is 0.205 e. The van der Waals surface area contributed by atoms with E-state index >= 15 is 0 Å². The summed E-state index contributed by atoms with van der Waals surface area (Å²) in [5.74, 6) is 2.19. The highest BCUT2D eigenvalue weighted by Crippen LogP contribution is 2.46. The third kappa shape index (κ3) is 25.3. The average molecular weight is 791 g/mol. The lowest BCUT2D eigenvalue weighted by atomic mass is 10.1. The highest BCUT2D eigenvalue weighted by atomic mass is 127. The Bertz CT molecular complexity index is 818. The zero-order valence-corrected chi connectivity index (χ0v) is 34.3. The number of rotatable bonds is 36. The molecule has 0 atom stereocenters. The van der Waals surface area contributed by atoms with Gasteiger partial charge in [0.15, 0.2) is 11.5 Å². The van der Waals surface area contributed by atoms with Crippen molar-refractivity contribution in [1.82, 2.24) is 0 Å². The Morgan fingerprint density at radius 2 is 0.681 bits per heavy atom. The molecule has 1 rings (SSSR count). The first-order valence-corrected chi connectivity index (χ1v) is 22.0. The standard InChI is InChI=1S/C42H76ClIO3/c1-4-7-10-13-16-19-22-25-28-31-34-45-39-37-38(44)40(43)42(47-36-33-30-27-24-21-18-15-12-9-6-3)41(39)46-35-32-29-26-23-20-17-14-11-8-5-2/h37H,4-36H2,1-3H3. The minimum Gasteiger partial charge on any atom is -0.490 e. The van der Waals surface area contributed by atoms with Crippen molar-refractivity contribution in [2.75, 3.05) is 19.8 Å². The molecule has 0 aromatic heterocycles. The number of halogens is 2. The largest absolute Gasteiger partial charge is 0.490 e. The molecule has 47 heavy (non-hydrogen) atoms. The lowest BCUT2D eigenvalue weighted by molar-refractivity contribution is 0.234. The lowest BCUT2D eigenvalue weighted by Gasteiger charge is -2.19. The van der Waals surface area contributed by atoms with Crippen LogP contribution in [0.25, 0.3) is 0 Å². The van der Waals surface area contributed by atoms with Gasteiger partial charge >= 0.3 is 0 Å². The van der Waals surface area contributed by atoms with E-state index in [2.05, 4.69) is 43.4 Å². The van der Waals surface area contributed by atoms with Gasteiger partial charge < -0.3 is 14.2 Å². The maximum atomic E-state index is 6.85. The number of hydrogen-bond acceptors (Lipinski definition) is 3. The van der Waals surface area contributed by atoms with E-state index in [9.17, 15) is 0 Å². The van der Waals surface area contributed by atoms with E-state index in [0.717, 1.165) is 28.6 Å². The average Bonchev–Trinajstić information content (AvgIpc) is 3.07. The molecule has 3 nitrogen and oxygen atoms in total. The van der Waals surface area contributed by atoms with Crippen molar-refractivity contribution in [2.45, 2.75) is 213 Å². The summed E-state index contributed by atoms with van der Waals surface area (Å²) in [7, 11) is 0. The lowest BCUT2D eigenvalue weighted by Crippen LogP contribution is -2.07. The second kappa shape index (κ2) is 34.1. The Balaban J connectivity index is 2.55. The summed E-state index contributed by atoms with van der Waals surface area (Å²) in [5, 5.41) is 0.655. The van der Waals surface area contributed by atoms with Crippen LogP contribution < -0.4 is 14.2 Å². The molecule has 0 spiro atoms. The van der Waals surface area contributed by atoms with Crippen molar-refractivity contribution in [3.05, 3.63) is 14.7 Å². The zero-order valence-electron chi connectivity index (χ0n) is 31.4. The van der Waals surface area contributed by atoms with E-state index in [1.54, 1.807) is 0 Å². The Morgan fingerprint density at radius 3 is 1.02 bits per heavy atom. The van der Waals surface area contributed by atoms with Gasteiger partial charge in [-0.25, -0.2) is 0 Å². The summed E-state index contributed by atoms with van der Waals surface area (Å²) < 4.78 is 20.2. The molecule has 0 radical (unpaired) electrons. The van der Waals surface area contributed by atoms with Crippen molar-refractivity contribution in [3.63, 3.8) is 0 Å². The molecule has 0 bridgehead atoms. The van der Waals surface area contributed by atoms with Gasteiger partial charge in [-0.2, -0.15) is 0 Å². The highest BCUT2D eigenvalue weighted by Gasteiger charge is 2.20. The molecule has 0 saturated carbocycles. The molecule has 0 aliphatic rings. The molecular weight excluding hydrogens is 715 g/mol. The summed E-state index contributed by atoms with van der Waals surface area (Å²) >= 11 is 9.16. The molecule has 1 aromatic rings. The smallest absolute Gasteiger partial charge is 0.205 e. The normalized spacial score (nSPS) is 11.3. The zero-order chi connectivity index (χ0) is 34.0. The Kier molecular flexibility index (Phi) is 32.4. The molecule has 0 fully saturated rings. The molecule has 0 aliphatic carbocycles. The van der Waals surface area contributed by atoms with E-state index in [0.29, 0.717) is 36.3 Å². The molecule has 0 N–H and O–H groups in total. The van der Waals surface area contributed by atoms with Gasteiger partial charge in [0.2, 0.25) is 5.75 Å². The fourth-order valence-electron chi connectivity index (χ4n) is 6.24. The first-order valence-electron chi connectivity index (χ1n) is 20.6. The van der Waals surface area contributed by atoms with Gasteiger partial charge in [-0.3, -0.25) is 0 Å². The van der Waals surface area contributed by atoms with Crippen molar-refractivity contribution < 1.29 is 14.2 Å². The highest BCUT2D eigenvalue weighted by molar-refractivity contribution is 14.1. The summed E-state index contributed by atoms with van der Waals surface area (Å²) in [6, 6.07) is 2.04. The summed E-state index contributed by atoms with van der Waals surface area (Å²) in [6.07, 6.45) is 39.5. The van der Waals surface area contributed by atoms with Gasteiger partial charge in [0.25, 0.3) is 0 Å². The van der Waals surface area contributed by atoms with Crippen LogP contribution in [0.2, 0.25) is 5.02 Å². The molecule has 276 valence electrons. The molecule has 0 heterocycles. The maximum absolute atomic E-state index is 6.85. The van der Waals surface area contributed by atoms with Gasteiger partial charge in [-0.15, -0.1) is 0 Å². The Hall–Kier alpha value is -0.360. The number of benzene rings is 1. The first-order chi connectivity index (χ1) is 23.2. The minimum atomic E-state index is 0.655. The van der Waals surface area contributed by atoms with Crippen LogP contribution in [0.4, 0.5) is 0 Å². The summed E-state index contributed by atoms with van der Waals surface area (Å²) in [4.78, 5) is 0. The summed E-state index contributed by atoms with van der Waals surface area (Å²) in [5.41, 5.74) is 0. The number of ether oxygens (including phenoxy) is 3. The van der Waals surface area contributed by atoms with Crippen molar-refractivity contribution >= 4 is 34.2 Å². The van der Waals surface area contributed by atoms with Gasteiger partial charge in [-0.05, 0) is 47.9 Å². The fraction of sp³-hybridized carbons (Fsp3) is 0.857. The predicted molar refractivity (Wildman–Crippen MR) is 216 cm³/mol. The van der Waals surface area contributed by atoms with E-state index in [-0.39, 0.29) is 0 Å². The first kappa shape index (κ1) is 44.7. The second-order valence-corrected chi connectivity index (χ2v) is 15.5. The molecule has 1 aromatic carbocycles. The van der Waals surface area contributed by atoms with E-state index in [1.165, 1.54) is 173 Å². The van der Waals surface area contributed by atoms with E-state index in [4.69, 9.17) is 25.8 Å². The fourth-order valence-corrected chi connectivity index (χ4v) is 6.96. The molecule has 0 saturated heterocycles. The summed E-state index contributed by atoms with van der Waals surface area (Å²) in [6.45, 7) is 8.91. The Labute approximate surface area is 311 Å². The quantitative estimate of drug-likeness (QED) is 0.0500. The SMILES string of the molecule is CCCCCCCCCCCCOc1cc(I)c(Cl)c(OCCCCCCCCCCCC)c1OCCCCCCCCCCCC. The molecule has 0 aliphatic heterocycles. The van der Waals surface area contributed by atoms with Crippen molar-refractivity contribution in [1.29, 1.82) is 0 Å². The van der Waals surface area contributed by atoms with Crippen molar-refractivity contribution in [3.8, 4) is 17.2 Å². The predicted octanol–water partition coefficient (Wildman–Crippen LogP) is 15.8. The van der Waals surface area contributed by atoms with Gasteiger partial charge in [0.1, 0.15) is 5.02 Å². The van der Waals surface area contributed by atoms with Crippen LogP contribution in [0.15, 0.2) is 6.07 Å². The number of hydrogen-bond donors (Lipinski definition) is 0. The van der Waals surface area contributed by atoms with Crippen LogP contribution >= 0.6 is 34.2 Å². The molecule has 0 unspecified atom stereocenters. The van der Waals surface area contributed by atoms with Crippen molar-refractivity contribution in [2.24, 2.45) is 0 Å². The van der Waals surface area contributed by atoms with Crippen LogP contribution in [0.1, 0.15) is 213 Å². The molecule has 5 heteroatoms. The number of unbranched alkanes of at least 4 members (excludes halogenated alkanes) is 27. The molecular formula is C42H76ClIO3. The van der Waals surface area contributed by atoms with Crippen LogP contribution in [0.5, 0.6) is 17.2 Å². The third-order valence-electron chi connectivity index (χ3n) is 9.34. The van der Waals surface area contributed by atoms with E-state index in [1.807, 2.05) is 6.07 Å². The van der Waals surface area contributed by atoms with Crippen LogP contribution in [-0.2, 0) is 0 Å². The van der Waals surface area contributed by atoms with Crippen LogP contribution in [0, 0.1) is 3.57 Å². The monoisotopic (exact) mass is 790 g/mol. The van der Waals surface area contributed by atoms with Gasteiger partial charge in [0, 0.05) is 3.57 Å². The minimum absolute atomic E-state index is 0.655. The topological polar surface area (TPSA) is 27.7 Å². The van der Waals surface area contributed by atoms with Gasteiger partial charge in [0.05, 0.1) is 19.8 Å².